The fourth-order valence-electron chi connectivity index (χ4n) is 2.67. The lowest BCUT2D eigenvalue weighted by Crippen LogP contribution is -2.42. The Kier molecular flexibility index (Phi) is 5.41. The van der Waals surface area contributed by atoms with E-state index in [1.807, 2.05) is 0 Å². The second-order valence-electron chi connectivity index (χ2n) is 5.27. The van der Waals surface area contributed by atoms with Crippen molar-refractivity contribution in [3.63, 3.8) is 0 Å². The van der Waals surface area contributed by atoms with E-state index in [1.165, 1.54) is 0 Å². The molecule has 2 aliphatic rings. The second-order valence-corrected chi connectivity index (χ2v) is 5.27. The lowest BCUT2D eigenvalue weighted by Gasteiger charge is -2.28. The van der Waals surface area contributed by atoms with Gasteiger partial charge in [0.1, 0.15) is 0 Å². The molecule has 1 atom stereocenters. The molecule has 0 bridgehead atoms. The van der Waals surface area contributed by atoms with Crippen LogP contribution in [0.25, 0.3) is 0 Å². The number of nitrogens with two attached hydrogens (primary N) is 1. The SMILES string of the molecule is NCC1CCC(C(=O)NCC2COCCO2)CC1. The first-order valence-electron chi connectivity index (χ1n) is 6.96. The largest absolute Gasteiger partial charge is 0.376 e. The van der Waals surface area contributed by atoms with E-state index in [2.05, 4.69) is 5.32 Å². The van der Waals surface area contributed by atoms with Gasteiger partial charge in [-0.05, 0) is 38.1 Å². The standard InChI is InChI=1S/C13H24N2O3/c14-7-10-1-3-11(4-2-10)13(16)15-8-12-9-17-5-6-18-12/h10-12H,1-9,14H2,(H,15,16). The molecule has 5 nitrogen and oxygen atoms in total. The summed E-state index contributed by atoms with van der Waals surface area (Å²) < 4.78 is 10.8. The van der Waals surface area contributed by atoms with E-state index in [-0.39, 0.29) is 17.9 Å². The van der Waals surface area contributed by atoms with Crippen LogP contribution < -0.4 is 11.1 Å². The number of ether oxygens (including phenoxy) is 2. The van der Waals surface area contributed by atoms with Gasteiger partial charge < -0.3 is 20.5 Å². The van der Waals surface area contributed by atoms with Gasteiger partial charge in [0.05, 0.1) is 25.9 Å². The predicted octanol–water partition coefficient (Wildman–Crippen LogP) is 0.283. The number of hydrogen-bond donors (Lipinski definition) is 2. The predicted molar refractivity (Wildman–Crippen MR) is 68.1 cm³/mol. The highest BCUT2D eigenvalue weighted by atomic mass is 16.6. The second kappa shape index (κ2) is 7.07. The normalized spacial score (nSPS) is 33.1. The Balaban J connectivity index is 1.65. The van der Waals surface area contributed by atoms with Crippen LogP contribution in [0.1, 0.15) is 25.7 Å². The molecule has 18 heavy (non-hydrogen) atoms. The average molecular weight is 256 g/mol. The zero-order valence-electron chi connectivity index (χ0n) is 10.9. The number of carbonyl (C=O) groups excluding carboxylic acids is 1. The molecule has 104 valence electrons. The molecule has 1 amide bonds. The van der Waals surface area contributed by atoms with E-state index in [0.29, 0.717) is 32.3 Å². The number of nitrogens with one attached hydrogen (secondary N) is 1. The average Bonchev–Trinajstić information content (AvgIpc) is 2.46. The summed E-state index contributed by atoms with van der Waals surface area (Å²) in [5.41, 5.74) is 5.65. The first-order chi connectivity index (χ1) is 8.79. The molecule has 0 spiro atoms. The van der Waals surface area contributed by atoms with E-state index in [9.17, 15) is 4.79 Å². The maximum absolute atomic E-state index is 12.0. The molecular formula is C13H24N2O3. The molecule has 3 N–H and O–H groups in total. The number of amides is 1. The van der Waals surface area contributed by atoms with Gasteiger partial charge in [-0.1, -0.05) is 0 Å². The summed E-state index contributed by atoms with van der Waals surface area (Å²) in [7, 11) is 0. The van der Waals surface area contributed by atoms with Crippen molar-refractivity contribution in [2.75, 3.05) is 32.9 Å². The van der Waals surface area contributed by atoms with Crippen molar-refractivity contribution >= 4 is 5.91 Å². The number of carbonyl (C=O) groups is 1. The summed E-state index contributed by atoms with van der Waals surface area (Å²) in [5.74, 6) is 0.945. The highest BCUT2D eigenvalue weighted by Gasteiger charge is 2.26. The molecule has 1 saturated carbocycles. The minimum atomic E-state index is 0.0167. The zero-order chi connectivity index (χ0) is 12.8. The van der Waals surface area contributed by atoms with Crippen molar-refractivity contribution in [2.45, 2.75) is 31.8 Å². The van der Waals surface area contributed by atoms with Gasteiger partial charge in [0.25, 0.3) is 0 Å². The van der Waals surface area contributed by atoms with E-state index in [4.69, 9.17) is 15.2 Å². The molecule has 0 radical (unpaired) electrons. The van der Waals surface area contributed by atoms with Crippen molar-refractivity contribution in [3.8, 4) is 0 Å². The maximum atomic E-state index is 12.0. The van der Waals surface area contributed by atoms with E-state index < -0.39 is 0 Å². The molecule has 1 heterocycles. The molecule has 0 aromatic heterocycles. The van der Waals surface area contributed by atoms with Crippen LogP contribution >= 0.6 is 0 Å². The third-order valence-corrected chi connectivity index (χ3v) is 3.94. The lowest BCUT2D eigenvalue weighted by atomic mass is 9.81. The third-order valence-electron chi connectivity index (χ3n) is 3.94. The van der Waals surface area contributed by atoms with Crippen molar-refractivity contribution in [1.29, 1.82) is 0 Å². The Hall–Kier alpha value is -0.650. The van der Waals surface area contributed by atoms with Gasteiger partial charge in [-0.3, -0.25) is 4.79 Å². The van der Waals surface area contributed by atoms with Gasteiger partial charge in [0, 0.05) is 12.5 Å². The van der Waals surface area contributed by atoms with Crippen LogP contribution in [0, 0.1) is 11.8 Å². The van der Waals surface area contributed by atoms with Crippen LogP contribution in [0.15, 0.2) is 0 Å². The Labute approximate surface area is 108 Å². The van der Waals surface area contributed by atoms with Crippen molar-refractivity contribution in [3.05, 3.63) is 0 Å². The Morgan fingerprint density at radius 3 is 2.61 bits per heavy atom. The number of rotatable bonds is 4. The van der Waals surface area contributed by atoms with Crippen LogP contribution in [-0.2, 0) is 14.3 Å². The van der Waals surface area contributed by atoms with Gasteiger partial charge in [-0.15, -0.1) is 0 Å². The summed E-state index contributed by atoms with van der Waals surface area (Å²) in [6.07, 6.45) is 4.11. The van der Waals surface area contributed by atoms with E-state index in [1.54, 1.807) is 0 Å². The molecule has 2 rings (SSSR count). The molecule has 1 unspecified atom stereocenters. The van der Waals surface area contributed by atoms with E-state index >= 15 is 0 Å². The Morgan fingerprint density at radius 1 is 1.22 bits per heavy atom. The molecule has 0 aromatic rings. The molecular weight excluding hydrogens is 232 g/mol. The van der Waals surface area contributed by atoms with Crippen LogP contribution in [0.3, 0.4) is 0 Å². The molecule has 5 heteroatoms. The first-order valence-corrected chi connectivity index (χ1v) is 6.96. The van der Waals surface area contributed by atoms with Crippen LogP contribution in [0.5, 0.6) is 0 Å². The van der Waals surface area contributed by atoms with Gasteiger partial charge in [-0.2, -0.15) is 0 Å². The van der Waals surface area contributed by atoms with Gasteiger partial charge in [0.15, 0.2) is 0 Å². The van der Waals surface area contributed by atoms with Crippen LogP contribution in [-0.4, -0.2) is 44.9 Å². The van der Waals surface area contributed by atoms with E-state index in [0.717, 1.165) is 32.2 Å². The minimum Gasteiger partial charge on any atom is -0.376 e. The van der Waals surface area contributed by atoms with Gasteiger partial charge in [0.2, 0.25) is 5.91 Å². The quantitative estimate of drug-likeness (QED) is 0.758. The first kappa shape index (κ1) is 13.8. The highest BCUT2D eigenvalue weighted by Crippen LogP contribution is 2.28. The summed E-state index contributed by atoms with van der Waals surface area (Å²) in [6.45, 7) is 3.19. The topological polar surface area (TPSA) is 73.6 Å². The summed E-state index contributed by atoms with van der Waals surface area (Å²) in [6, 6.07) is 0. The molecule has 0 aromatic carbocycles. The molecule has 1 aliphatic carbocycles. The van der Waals surface area contributed by atoms with Gasteiger partial charge in [-0.25, -0.2) is 0 Å². The summed E-state index contributed by atoms with van der Waals surface area (Å²) >= 11 is 0. The van der Waals surface area contributed by atoms with Crippen LogP contribution in [0.2, 0.25) is 0 Å². The molecule has 1 saturated heterocycles. The Bertz CT molecular complexity index is 259. The Morgan fingerprint density at radius 2 is 2.00 bits per heavy atom. The fraction of sp³-hybridized carbons (Fsp3) is 0.923. The van der Waals surface area contributed by atoms with Crippen molar-refractivity contribution in [2.24, 2.45) is 17.6 Å². The molecule has 1 aliphatic heterocycles. The van der Waals surface area contributed by atoms with Crippen LogP contribution in [0.4, 0.5) is 0 Å². The smallest absolute Gasteiger partial charge is 0.223 e. The van der Waals surface area contributed by atoms with Crippen molar-refractivity contribution < 1.29 is 14.3 Å². The monoisotopic (exact) mass is 256 g/mol. The third kappa shape index (κ3) is 3.93. The maximum Gasteiger partial charge on any atom is 0.223 e. The number of hydrogen-bond acceptors (Lipinski definition) is 4. The van der Waals surface area contributed by atoms with Crippen molar-refractivity contribution in [1.82, 2.24) is 5.32 Å². The fourth-order valence-corrected chi connectivity index (χ4v) is 2.67. The summed E-state index contributed by atoms with van der Waals surface area (Å²) in [4.78, 5) is 12.0. The highest BCUT2D eigenvalue weighted by molar-refractivity contribution is 5.78. The van der Waals surface area contributed by atoms with Gasteiger partial charge >= 0.3 is 0 Å². The summed E-state index contributed by atoms with van der Waals surface area (Å²) in [5, 5.41) is 2.98. The lowest BCUT2D eigenvalue weighted by molar-refractivity contribution is -0.128. The molecule has 2 fully saturated rings. The minimum absolute atomic E-state index is 0.0167. The zero-order valence-corrected chi connectivity index (χ0v) is 10.9.